The number of pyridine rings is 2. The summed E-state index contributed by atoms with van der Waals surface area (Å²) >= 11 is 1.28. The molecule has 5 rings (SSSR count). The van der Waals surface area contributed by atoms with Crippen molar-refractivity contribution in [2.24, 2.45) is 0 Å². The van der Waals surface area contributed by atoms with E-state index in [9.17, 15) is 28.3 Å². The van der Waals surface area contributed by atoms with Gasteiger partial charge in [0.15, 0.2) is 0 Å². The number of rotatable bonds is 5. The second kappa shape index (κ2) is 9.53. The predicted octanol–water partition coefficient (Wildman–Crippen LogP) is 3.92. The first-order valence-electron chi connectivity index (χ1n) is 11.5. The van der Waals surface area contributed by atoms with Gasteiger partial charge in [0.2, 0.25) is 0 Å². The summed E-state index contributed by atoms with van der Waals surface area (Å²) in [5.41, 5.74) is 1.11. The molecule has 0 fully saturated rings. The molecule has 0 spiro atoms. The Kier molecular flexibility index (Phi) is 6.53. The third kappa shape index (κ3) is 5.10. The van der Waals surface area contributed by atoms with Crippen LogP contribution in [0.4, 0.5) is 24.8 Å². The molecule has 4 aromatic rings. The second-order valence-electron chi connectivity index (χ2n) is 9.00. The summed E-state index contributed by atoms with van der Waals surface area (Å²) in [6.45, 7) is 1.84. The number of hydrogen-bond donors (Lipinski definition) is 4. The van der Waals surface area contributed by atoms with Gasteiger partial charge in [0, 0.05) is 12.4 Å². The van der Waals surface area contributed by atoms with Gasteiger partial charge in [0.05, 0.1) is 16.1 Å². The summed E-state index contributed by atoms with van der Waals surface area (Å²) in [5.74, 6) is 0.345. The van der Waals surface area contributed by atoms with E-state index in [0.717, 1.165) is 29.5 Å². The molecule has 37 heavy (non-hydrogen) atoms. The van der Waals surface area contributed by atoms with Crippen LogP contribution in [0.25, 0.3) is 10.6 Å². The lowest BCUT2D eigenvalue weighted by molar-refractivity contribution is -0.137. The zero-order valence-electron chi connectivity index (χ0n) is 19.6. The molecule has 190 valence electrons. The smallest absolute Gasteiger partial charge is 0.423 e. The Balaban J connectivity index is 1.45. The zero-order chi connectivity index (χ0) is 26.4. The predicted molar refractivity (Wildman–Crippen MR) is 135 cm³/mol. The number of benzene rings is 1. The number of anilines is 2. The highest BCUT2D eigenvalue weighted by molar-refractivity contribution is 7.15. The minimum absolute atomic E-state index is 0.0179. The van der Waals surface area contributed by atoms with Crippen molar-refractivity contribution < 1.29 is 28.3 Å². The number of hydrogen-bond acceptors (Lipinski definition) is 8. The average molecular weight is 526 g/mol. The van der Waals surface area contributed by atoms with Crippen LogP contribution in [0.5, 0.6) is 0 Å². The number of fused-ring (bicyclic) bond motifs is 1. The number of halogens is 3. The first kappa shape index (κ1) is 25.3. The highest BCUT2D eigenvalue weighted by Gasteiger charge is 2.39. The van der Waals surface area contributed by atoms with Gasteiger partial charge in [0.1, 0.15) is 22.2 Å². The number of nitrogens with zero attached hydrogens (tertiary/aromatic N) is 3. The van der Waals surface area contributed by atoms with Crippen molar-refractivity contribution in [3.63, 3.8) is 0 Å². The topological polar surface area (TPSA) is 111 Å². The number of nitrogens with one attached hydrogen (secondary N) is 1. The van der Waals surface area contributed by atoms with E-state index in [4.69, 9.17) is 0 Å². The molecule has 3 heterocycles. The van der Waals surface area contributed by atoms with Crippen molar-refractivity contribution in [3.8, 4) is 10.6 Å². The Hall–Kier alpha value is -3.32. The Morgan fingerprint density at radius 3 is 2.62 bits per heavy atom. The molecule has 1 aromatic carbocycles. The minimum Gasteiger partial charge on any atom is -0.423 e. The Morgan fingerprint density at radius 2 is 1.86 bits per heavy atom. The van der Waals surface area contributed by atoms with Gasteiger partial charge in [-0.1, -0.05) is 18.2 Å². The van der Waals surface area contributed by atoms with Crippen molar-refractivity contribution in [1.29, 1.82) is 0 Å². The maximum atomic E-state index is 13.1. The molecule has 0 saturated heterocycles. The molecule has 0 amide bonds. The molecule has 3 aromatic heterocycles. The maximum Gasteiger partial charge on any atom is 0.488 e. The van der Waals surface area contributed by atoms with E-state index >= 15 is 0 Å². The van der Waals surface area contributed by atoms with E-state index in [1.807, 2.05) is 13.0 Å². The molecule has 0 aliphatic heterocycles. The third-order valence-electron chi connectivity index (χ3n) is 6.28. The molecule has 12 heteroatoms. The van der Waals surface area contributed by atoms with Gasteiger partial charge >= 0.3 is 13.3 Å². The number of alkyl halides is 3. The second-order valence-corrected chi connectivity index (χ2v) is 10.0. The molecule has 1 aliphatic rings. The van der Waals surface area contributed by atoms with E-state index in [0.29, 0.717) is 51.7 Å². The molecule has 0 unspecified atom stereocenters. The number of aryl methyl sites for hydroxylation is 2. The van der Waals surface area contributed by atoms with Crippen molar-refractivity contribution in [3.05, 3.63) is 82.1 Å². The van der Waals surface area contributed by atoms with Gasteiger partial charge in [-0.2, -0.15) is 13.2 Å². The fourth-order valence-corrected chi connectivity index (χ4v) is 5.53. The summed E-state index contributed by atoms with van der Waals surface area (Å²) in [7, 11) is -1.59. The molecular formula is C25H22BF3N4O3S. The highest BCUT2D eigenvalue weighted by Crippen LogP contribution is 2.43. The quantitative estimate of drug-likeness (QED) is 0.292. The molecule has 1 aliphatic carbocycles. The van der Waals surface area contributed by atoms with Crippen molar-refractivity contribution >= 4 is 35.6 Å². The number of aliphatic hydroxyl groups is 1. The Labute approximate surface area is 214 Å². The van der Waals surface area contributed by atoms with Gasteiger partial charge in [-0.3, -0.25) is 0 Å². The summed E-state index contributed by atoms with van der Waals surface area (Å²) in [6.07, 6.45) is 0.0827. The summed E-state index contributed by atoms with van der Waals surface area (Å²) in [5, 5.41) is 34.0. The first-order valence-corrected chi connectivity index (χ1v) is 12.3. The minimum atomic E-state index is -4.49. The zero-order valence-corrected chi connectivity index (χ0v) is 20.4. The van der Waals surface area contributed by atoms with Gasteiger partial charge in [0.25, 0.3) is 0 Å². The van der Waals surface area contributed by atoms with Gasteiger partial charge in [-0.15, -0.1) is 11.3 Å². The normalized spacial score (nSPS) is 17.4. The van der Waals surface area contributed by atoms with Crippen LogP contribution in [0.3, 0.4) is 0 Å². The van der Waals surface area contributed by atoms with Crippen LogP contribution in [0.1, 0.15) is 40.1 Å². The molecule has 4 N–H and O–H groups in total. The van der Waals surface area contributed by atoms with Crippen LogP contribution < -0.4 is 10.8 Å². The monoisotopic (exact) mass is 526 g/mol. The van der Waals surface area contributed by atoms with Crippen LogP contribution in [0, 0.1) is 6.92 Å². The van der Waals surface area contributed by atoms with Crippen LogP contribution in [0.15, 0.2) is 54.9 Å². The largest absolute Gasteiger partial charge is 0.488 e. The van der Waals surface area contributed by atoms with Crippen LogP contribution in [-0.4, -0.2) is 37.2 Å². The summed E-state index contributed by atoms with van der Waals surface area (Å²) < 4.78 is 39.2. The van der Waals surface area contributed by atoms with E-state index < -0.39 is 24.5 Å². The highest BCUT2D eigenvalue weighted by atomic mass is 32.1. The lowest BCUT2D eigenvalue weighted by atomic mass is 9.73. The Bertz CT molecular complexity index is 1460. The maximum absolute atomic E-state index is 13.1. The molecule has 0 bridgehead atoms. The first-order chi connectivity index (χ1) is 17.5. The van der Waals surface area contributed by atoms with Crippen LogP contribution in [-0.2, 0) is 18.2 Å². The third-order valence-corrected chi connectivity index (χ3v) is 7.45. The lowest BCUT2D eigenvalue weighted by Crippen LogP contribution is -2.35. The molecule has 1 atom stereocenters. The number of thiazole rings is 1. The fourth-order valence-electron chi connectivity index (χ4n) is 4.52. The number of aromatic nitrogens is 3. The van der Waals surface area contributed by atoms with Crippen LogP contribution >= 0.6 is 11.3 Å². The standard InChI is InChI=1S/C25H22BF3N4O3S/c1-14-9-19(32-22(10-14)33-21-12-16(6-8-30-21)25(27,28)29)20-13-31-23(37-20)24(34)7-2-3-15-11-17(26(35)36)4-5-18(15)24/h4-6,8-13,34-36H,2-3,7H2,1H3,(H,30,32,33)/t24-/m1/s1. The van der Waals surface area contributed by atoms with Gasteiger partial charge < -0.3 is 20.5 Å². The van der Waals surface area contributed by atoms with E-state index in [2.05, 4.69) is 20.3 Å². The average Bonchev–Trinajstić information content (AvgIpc) is 3.35. The van der Waals surface area contributed by atoms with Crippen molar-refractivity contribution in [2.45, 2.75) is 38.0 Å². The van der Waals surface area contributed by atoms with Gasteiger partial charge in [-0.05, 0) is 72.6 Å². The molecule has 0 saturated carbocycles. The molecular weight excluding hydrogens is 504 g/mol. The fraction of sp³-hybridized carbons (Fsp3) is 0.240. The lowest BCUT2D eigenvalue weighted by Gasteiger charge is -2.33. The van der Waals surface area contributed by atoms with Gasteiger partial charge in [-0.25, -0.2) is 15.0 Å². The van der Waals surface area contributed by atoms with Crippen molar-refractivity contribution in [2.75, 3.05) is 5.32 Å². The summed E-state index contributed by atoms with van der Waals surface area (Å²) in [6, 6.07) is 10.3. The molecule has 7 nitrogen and oxygen atoms in total. The summed E-state index contributed by atoms with van der Waals surface area (Å²) in [4.78, 5) is 13.7. The van der Waals surface area contributed by atoms with Crippen LogP contribution in [0.2, 0.25) is 0 Å². The van der Waals surface area contributed by atoms with E-state index in [1.165, 1.54) is 11.3 Å². The van der Waals surface area contributed by atoms with Crippen molar-refractivity contribution in [1.82, 2.24) is 15.0 Å². The van der Waals surface area contributed by atoms with E-state index in [-0.39, 0.29) is 5.82 Å². The van der Waals surface area contributed by atoms with E-state index in [1.54, 1.807) is 30.5 Å². The Morgan fingerprint density at radius 1 is 1.05 bits per heavy atom. The SMILES string of the molecule is Cc1cc(Nc2cc(C(F)(F)F)ccn2)nc(-c2cnc([C@@]3(O)CCCc4cc(B(O)O)ccc43)s2)c1. The molecule has 0 radical (unpaired) electrons.